The molecule has 0 saturated carbocycles. The molecule has 4 N–H and O–H groups in total. The highest BCUT2D eigenvalue weighted by Crippen LogP contribution is 2.09. The second-order valence-corrected chi connectivity index (χ2v) is 5.55. The molecule has 6 nitrogen and oxygen atoms in total. The maximum absolute atomic E-state index is 13.2. The molecule has 0 unspecified atom stereocenters. The number of hydrogen-bond donors (Lipinski definition) is 4. The lowest BCUT2D eigenvalue weighted by Gasteiger charge is -2.12. The van der Waals surface area contributed by atoms with Gasteiger partial charge in [0.05, 0.1) is 6.54 Å². The normalized spacial score (nSPS) is 10.7. The van der Waals surface area contributed by atoms with Crippen molar-refractivity contribution in [1.29, 1.82) is 0 Å². The van der Waals surface area contributed by atoms with E-state index in [0.717, 1.165) is 5.56 Å². The molecule has 0 atom stereocenters. The first-order valence-corrected chi connectivity index (χ1v) is 8.42. The van der Waals surface area contributed by atoms with Crippen LogP contribution in [0.15, 0.2) is 53.5 Å². The zero-order valence-electron chi connectivity index (χ0n) is 15.0. The van der Waals surface area contributed by atoms with E-state index in [1.165, 1.54) is 24.3 Å². The van der Waals surface area contributed by atoms with Gasteiger partial charge in [-0.05, 0) is 48.9 Å². The van der Waals surface area contributed by atoms with E-state index in [9.17, 15) is 14.3 Å². The minimum atomic E-state index is -0.285. The summed E-state index contributed by atoms with van der Waals surface area (Å²) in [6.07, 6.45) is 0. The summed E-state index contributed by atoms with van der Waals surface area (Å²) in [7, 11) is 0. The molecule has 0 aliphatic heterocycles. The summed E-state index contributed by atoms with van der Waals surface area (Å²) in [4.78, 5) is 16.4. The summed E-state index contributed by atoms with van der Waals surface area (Å²) in [6, 6.07) is 12.4. The van der Waals surface area contributed by atoms with Gasteiger partial charge >= 0.3 is 0 Å². The number of phenols is 1. The van der Waals surface area contributed by atoms with Crippen LogP contribution >= 0.6 is 24.0 Å². The number of halogens is 2. The monoisotopic (exact) mass is 486 g/mol. The Morgan fingerprint density at radius 1 is 1.07 bits per heavy atom. The van der Waals surface area contributed by atoms with Crippen LogP contribution in [0.4, 0.5) is 4.39 Å². The molecule has 27 heavy (non-hydrogen) atoms. The van der Waals surface area contributed by atoms with Crippen LogP contribution in [0, 0.1) is 5.82 Å². The molecule has 0 heterocycles. The highest BCUT2D eigenvalue weighted by Gasteiger charge is 2.04. The van der Waals surface area contributed by atoms with E-state index in [-0.39, 0.29) is 41.5 Å². The van der Waals surface area contributed by atoms with Crippen LogP contribution in [0.3, 0.4) is 0 Å². The first kappa shape index (κ1) is 22.7. The summed E-state index contributed by atoms with van der Waals surface area (Å²) in [5, 5.41) is 18.2. The van der Waals surface area contributed by atoms with Crippen LogP contribution in [-0.2, 0) is 6.54 Å². The van der Waals surface area contributed by atoms with Gasteiger partial charge in [-0.25, -0.2) is 9.38 Å². The highest BCUT2D eigenvalue weighted by atomic mass is 127. The predicted octanol–water partition coefficient (Wildman–Crippen LogP) is 2.63. The number of aromatic hydroxyl groups is 1. The molecule has 2 rings (SSSR count). The minimum absolute atomic E-state index is 0. The van der Waals surface area contributed by atoms with E-state index in [0.29, 0.717) is 37.7 Å². The second kappa shape index (κ2) is 12.1. The molecule has 0 spiro atoms. The maximum Gasteiger partial charge on any atom is 0.251 e. The van der Waals surface area contributed by atoms with Crippen LogP contribution in [0.25, 0.3) is 0 Å². The first-order chi connectivity index (χ1) is 12.6. The molecule has 0 saturated heterocycles. The van der Waals surface area contributed by atoms with Crippen molar-refractivity contribution >= 4 is 35.8 Å². The van der Waals surface area contributed by atoms with Gasteiger partial charge in [-0.2, -0.15) is 0 Å². The van der Waals surface area contributed by atoms with Gasteiger partial charge in [-0.15, -0.1) is 24.0 Å². The zero-order valence-corrected chi connectivity index (χ0v) is 17.4. The Balaban J connectivity index is 0.00000364. The molecule has 146 valence electrons. The van der Waals surface area contributed by atoms with Gasteiger partial charge in [0.1, 0.15) is 11.6 Å². The Morgan fingerprint density at radius 3 is 2.44 bits per heavy atom. The molecule has 0 bridgehead atoms. The number of phenolic OH excluding ortho intramolecular Hbond substituents is 1. The molecule has 0 radical (unpaired) electrons. The van der Waals surface area contributed by atoms with Gasteiger partial charge in [0, 0.05) is 25.2 Å². The van der Waals surface area contributed by atoms with Gasteiger partial charge < -0.3 is 21.1 Å². The van der Waals surface area contributed by atoms with Crippen molar-refractivity contribution in [2.75, 3.05) is 19.6 Å². The Morgan fingerprint density at radius 2 is 1.78 bits per heavy atom. The predicted molar refractivity (Wildman–Crippen MR) is 115 cm³/mol. The number of carbonyl (C=O) groups excluding carboxylic acids is 1. The third-order valence-electron chi connectivity index (χ3n) is 3.49. The van der Waals surface area contributed by atoms with Crippen LogP contribution < -0.4 is 16.0 Å². The van der Waals surface area contributed by atoms with Gasteiger partial charge in [-0.3, -0.25) is 4.79 Å². The summed E-state index contributed by atoms with van der Waals surface area (Å²) in [6.45, 7) is 3.89. The zero-order chi connectivity index (χ0) is 18.8. The van der Waals surface area contributed by atoms with Crippen LogP contribution in [0.1, 0.15) is 22.8 Å². The lowest BCUT2D eigenvalue weighted by atomic mass is 10.2. The van der Waals surface area contributed by atoms with E-state index < -0.39 is 0 Å². The molecule has 2 aromatic rings. The maximum atomic E-state index is 13.2. The van der Waals surface area contributed by atoms with Gasteiger partial charge in [0.15, 0.2) is 5.96 Å². The van der Waals surface area contributed by atoms with Crippen molar-refractivity contribution < 1.29 is 14.3 Å². The summed E-state index contributed by atoms with van der Waals surface area (Å²) < 4.78 is 13.2. The molecule has 0 aliphatic rings. The first-order valence-electron chi connectivity index (χ1n) is 8.42. The number of hydrogen-bond acceptors (Lipinski definition) is 3. The van der Waals surface area contributed by atoms with Crippen molar-refractivity contribution in [3.05, 3.63) is 65.5 Å². The Bertz CT molecular complexity index is 754. The van der Waals surface area contributed by atoms with Crippen LogP contribution in [0.5, 0.6) is 5.75 Å². The Hall–Kier alpha value is -2.36. The number of nitrogens with zero attached hydrogens (tertiary/aromatic N) is 1. The molecule has 1 amide bonds. The number of aliphatic imine (C=N–C) groups is 1. The summed E-state index contributed by atoms with van der Waals surface area (Å²) in [5.41, 5.74) is 1.26. The second-order valence-electron chi connectivity index (χ2n) is 5.55. The molecule has 2 aromatic carbocycles. The molecule has 0 aromatic heterocycles. The fraction of sp³-hybridized carbons (Fsp3) is 0.263. The van der Waals surface area contributed by atoms with Gasteiger partial charge in [0.25, 0.3) is 5.91 Å². The van der Waals surface area contributed by atoms with E-state index in [2.05, 4.69) is 20.9 Å². The number of carbonyl (C=O) groups is 1. The molecule has 0 aliphatic carbocycles. The van der Waals surface area contributed by atoms with Crippen molar-refractivity contribution in [2.45, 2.75) is 13.5 Å². The highest BCUT2D eigenvalue weighted by molar-refractivity contribution is 14.0. The third-order valence-corrected chi connectivity index (χ3v) is 3.49. The summed E-state index contributed by atoms with van der Waals surface area (Å²) >= 11 is 0. The minimum Gasteiger partial charge on any atom is -0.508 e. The average Bonchev–Trinajstić information content (AvgIpc) is 2.63. The topological polar surface area (TPSA) is 85.8 Å². The lowest BCUT2D eigenvalue weighted by Crippen LogP contribution is -2.41. The number of nitrogens with one attached hydrogen (secondary N) is 3. The largest absolute Gasteiger partial charge is 0.508 e. The number of rotatable bonds is 7. The van der Waals surface area contributed by atoms with Gasteiger partial charge in [0.2, 0.25) is 0 Å². The van der Waals surface area contributed by atoms with Crippen molar-refractivity contribution in [3.63, 3.8) is 0 Å². The van der Waals surface area contributed by atoms with Crippen LogP contribution in [-0.4, -0.2) is 36.6 Å². The van der Waals surface area contributed by atoms with Crippen molar-refractivity contribution in [1.82, 2.24) is 16.0 Å². The lowest BCUT2D eigenvalue weighted by molar-refractivity contribution is 0.0954. The Labute approximate surface area is 175 Å². The van der Waals surface area contributed by atoms with Gasteiger partial charge in [-0.1, -0.05) is 12.1 Å². The van der Waals surface area contributed by atoms with E-state index in [1.54, 1.807) is 18.2 Å². The fourth-order valence-electron chi connectivity index (χ4n) is 2.22. The average molecular weight is 486 g/mol. The number of guanidine groups is 1. The van der Waals surface area contributed by atoms with Crippen molar-refractivity contribution in [3.8, 4) is 5.75 Å². The standard InChI is InChI=1S/C19H23FN4O2.HI/c1-2-21-19(24-13-14-4-3-5-16(20)12-14)23-11-10-22-18(26)15-6-8-17(25)9-7-15;/h3-9,12,25H,2,10-11,13H2,1H3,(H,22,26)(H2,21,23,24);1H. The van der Waals surface area contributed by atoms with Crippen molar-refractivity contribution in [2.24, 2.45) is 4.99 Å². The summed E-state index contributed by atoms with van der Waals surface area (Å²) in [5.74, 6) is 0.213. The molecule has 8 heteroatoms. The SMILES string of the molecule is CCNC(=NCc1cccc(F)c1)NCCNC(=O)c1ccc(O)cc1.I. The van der Waals surface area contributed by atoms with Crippen LogP contribution in [0.2, 0.25) is 0 Å². The molecule has 0 fully saturated rings. The molecular weight excluding hydrogens is 462 g/mol. The Kier molecular flexibility index (Phi) is 10.2. The third kappa shape index (κ3) is 8.25. The quantitative estimate of drug-likeness (QED) is 0.210. The van der Waals surface area contributed by atoms with E-state index in [4.69, 9.17) is 0 Å². The number of benzene rings is 2. The fourth-order valence-corrected chi connectivity index (χ4v) is 2.22. The smallest absolute Gasteiger partial charge is 0.251 e. The molecular formula is C19H24FIN4O2. The van der Waals surface area contributed by atoms with E-state index in [1.807, 2.05) is 13.0 Å². The van der Waals surface area contributed by atoms with E-state index >= 15 is 0 Å². The number of amides is 1.